The number of carbonyl (C=O) groups excluding carboxylic acids is 2. The zero-order valence-electron chi connectivity index (χ0n) is 13.0. The molecule has 2 aromatic carbocycles. The number of carbonyl (C=O) groups is 2. The number of primary amides is 1. The van der Waals surface area contributed by atoms with E-state index in [2.05, 4.69) is 5.32 Å². The third-order valence-corrected chi connectivity index (χ3v) is 3.14. The molecule has 0 heterocycles. The molecule has 23 heavy (non-hydrogen) atoms. The fourth-order valence-electron chi connectivity index (χ4n) is 2.03. The fourth-order valence-corrected chi connectivity index (χ4v) is 2.03. The molecule has 2 amide bonds. The van der Waals surface area contributed by atoms with Crippen LogP contribution >= 0.6 is 0 Å². The molecular formula is C17H18N2O4. The van der Waals surface area contributed by atoms with E-state index in [1.165, 1.54) is 7.11 Å². The minimum atomic E-state index is -0.609. The van der Waals surface area contributed by atoms with Gasteiger partial charge in [-0.15, -0.1) is 0 Å². The zero-order valence-corrected chi connectivity index (χ0v) is 13.0. The van der Waals surface area contributed by atoms with Crippen molar-refractivity contribution in [3.8, 4) is 11.5 Å². The average molecular weight is 314 g/mol. The van der Waals surface area contributed by atoms with Crippen molar-refractivity contribution in [2.24, 2.45) is 5.73 Å². The van der Waals surface area contributed by atoms with E-state index in [4.69, 9.17) is 15.2 Å². The molecule has 6 heteroatoms. The number of anilines is 1. The smallest absolute Gasteiger partial charge is 0.262 e. The van der Waals surface area contributed by atoms with E-state index in [-0.39, 0.29) is 12.2 Å². The molecule has 2 aromatic rings. The molecule has 6 nitrogen and oxygen atoms in total. The number of aryl methyl sites for hydroxylation is 1. The van der Waals surface area contributed by atoms with Crippen LogP contribution in [0, 0.1) is 6.92 Å². The van der Waals surface area contributed by atoms with Crippen LogP contribution in [0.4, 0.5) is 5.69 Å². The highest BCUT2D eigenvalue weighted by molar-refractivity contribution is 6.03. The predicted molar refractivity (Wildman–Crippen MR) is 86.8 cm³/mol. The van der Waals surface area contributed by atoms with Crippen molar-refractivity contribution < 1.29 is 19.1 Å². The number of para-hydroxylation sites is 1. The van der Waals surface area contributed by atoms with Crippen LogP contribution in [0.25, 0.3) is 0 Å². The van der Waals surface area contributed by atoms with Gasteiger partial charge in [-0.3, -0.25) is 9.59 Å². The molecule has 0 unspecified atom stereocenters. The number of rotatable bonds is 6. The second kappa shape index (κ2) is 7.31. The number of benzene rings is 2. The monoisotopic (exact) mass is 314 g/mol. The quantitative estimate of drug-likeness (QED) is 0.854. The molecule has 0 aliphatic rings. The topological polar surface area (TPSA) is 90.7 Å². The third-order valence-electron chi connectivity index (χ3n) is 3.14. The molecule has 0 aliphatic heterocycles. The molecule has 0 saturated heterocycles. The number of nitrogens with two attached hydrogens (primary N) is 1. The van der Waals surface area contributed by atoms with Gasteiger partial charge in [-0.2, -0.15) is 0 Å². The first-order valence-corrected chi connectivity index (χ1v) is 6.97. The Morgan fingerprint density at radius 2 is 1.87 bits per heavy atom. The van der Waals surface area contributed by atoms with E-state index in [1.807, 2.05) is 19.1 Å². The molecule has 0 bridgehead atoms. The Morgan fingerprint density at radius 3 is 2.57 bits per heavy atom. The summed E-state index contributed by atoms with van der Waals surface area (Å²) >= 11 is 0. The van der Waals surface area contributed by atoms with Crippen LogP contribution in [0.3, 0.4) is 0 Å². The maximum absolute atomic E-state index is 12.0. The van der Waals surface area contributed by atoms with Crippen molar-refractivity contribution in [3.63, 3.8) is 0 Å². The van der Waals surface area contributed by atoms with Crippen molar-refractivity contribution >= 4 is 17.5 Å². The van der Waals surface area contributed by atoms with Crippen molar-refractivity contribution in [3.05, 3.63) is 53.6 Å². The van der Waals surface area contributed by atoms with Gasteiger partial charge in [-0.05, 0) is 36.8 Å². The van der Waals surface area contributed by atoms with Gasteiger partial charge in [0.25, 0.3) is 11.8 Å². The Kier molecular flexibility index (Phi) is 5.19. The first-order valence-electron chi connectivity index (χ1n) is 6.97. The minimum Gasteiger partial charge on any atom is -0.493 e. The molecule has 120 valence electrons. The first-order chi connectivity index (χ1) is 11.0. The second-order valence-corrected chi connectivity index (χ2v) is 4.90. The van der Waals surface area contributed by atoms with Crippen LogP contribution in [0.15, 0.2) is 42.5 Å². The van der Waals surface area contributed by atoms with E-state index in [0.717, 1.165) is 5.56 Å². The number of nitrogens with one attached hydrogen (secondary N) is 1. The lowest BCUT2D eigenvalue weighted by atomic mass is 10.1. The molecule has 0 atom stereocenters. The highest BCUT2D eigenvalue weighted by Crippen LogP contribution is 2.27. The van der Waals surface area contributed by atoms with E-state index < -0.39 is 11.8 Å². The number of methoxy groups -OCH3 is 1. The normalized spacial score (nSPS) is 10.0. The lowest BCUT2D eigenvalue weighted by molar-refractivity contribution is -0.118. The van der Waals surface area contributed by atoms with Gasteiger partial charge < -0.3 is 20.5 Å². The van der Waals surface area contributed by atoms with Crippen LogP contribution in [0.5, 0.6) is 11.5 Å². The molecule has 3 N–H and O–H groups in total. The molecule has 0 spiro atoms. The van der Waals surface area contributed by atoms with Gasteiger partial charge in [0.05, 0.1) is 18.4 Å². The van der Waals surface area contributed by atoms with Gasteiger partial charge in [-0.25, -0.2) is 0 Å². The van der Waals surface area contributed by atoms with E-state index in [0.29, 0.717) is 17.2 Å². The summed E-state index contributed by atoms with van der Waals surface area (Å²) < 4.78 is 10.7. The van der Waals surface area contributed by atoms with E-state index in [1.54, 1.807) is 30.3 Å². The standard InChI is InChI=1S/C17H18N2O4/c1-11-7-8-14(15(9-11)22-2)23-10-16(20)19-13-6-4-3-5-12(13)17(18)21/h3-9H,10H2,1-2H3,(H2,18,21)(H,19,20). The van der Waals surface area contributed by atoms with Gasteiger partial charge in [0.15, 0.2) is 18.1 Å². The van der Waals surface area contributed by atoms with Crippen LogP contribution in [-0.2, 0) is 4.79 Å². The summed E-state index contributed by atoms with van der Waals surface area (Å²) in [5, 5.41) is 2.61. The van der Waals surface area contributed by atoms with Gasteiger partial charge in [0, 0.05) is 0 Å². The summed E-state index contributed by atoms with van der Waals surface area (Å²) in [7, 11) is 1.53. The average Bonchev–Trinajstić information content (AvgIpc) is 2.53. The summed E-state index contributed by atoms with van der Waals surface area (Å²) in [5.41, 5.74) is 6.89. The zero-order chi connectivity index (χ0) is 16.8. The molecule has 0 fully saturated rings. The number of amides is 2. The Hall–Kier alpha value is -3.02. The molecule has 0 aliphatic carbocycles. The van der Waals surface area contributed by atoms with Crippen LogP contribution in [0.1, 0.15) is 15.9 Å². The molecule has 0 saturated carbocycles. The highest BCUT2D eigenvalue weighted by Gasteiger charge is 2.12. The Balaban J connectivity index is 2.03. The van der Waals surface area contributed by atoms with Gasteiger partial charge in [0.2, 0.25) is 0 Å². The third kappa shape index (κ3) is 4.23. The van der Waals surface area contributed by atoms with Crippen LogP contribution in [0.2, 0.25) is 0 Å². The van der Waals surface area contributed by atoms with E-state index in [9.17, 15) is 9.59 Å². The maximum atomic E-state index is 12.0. The second-order valence-electron chi connectivity index (χ2n) is 4.90. The summed E-state index contributed by atoms with van der Waals surface area (Å²) in [4.78, 5) is 23.3. The Morgan fingerprint density at radius 1 is 1.13 bits per heavy atom. The maximum Gasteiger partial charge on any atom is 0.262 e. The highest BCUT2D eigenvalue weighted by atomic mass is 16.5. The Labute approximate surface area is 134 Å². The number of ether oxygens (including phenoxy) is 2. The molecular weight excluding hydrogens is 296 g/mol. The lowest BCUT2D eigenvalue weighted by Crippen LogP contribution is -2.23. The van der Waals surface area contributed by atoms with Gasteiger partial charge in [-0.1, -0.05) is 18.2 Å². The molecule has 0 aromatic heterocycles. The Bertz CT molecular complexity index is 728. The first kappa shape index (κ1) is 16.4. The predicted octanol–water partition coefficient (Wildman–Crippen LogP) is 2.12. The molecule has 0 radical (unpaired) electrons. The van der Waals surface area contributed by atoms with Crippen molar-refractivity contribution in [1.82, 2.24) is 0 Å². The van der Waals surface area contributed by atoms with Gasteiger partial charge in [0.1, 0.15) is 0 Å². The van der Waals surface area contributed by atoms with Crippen LogP contribution < -0.4 is 20.5 Å². The molecule has 2 rings (SSSR count). The van der Waals surface area contributed by atoms with Crippen molar-refractivity contribution in [2.45, 2.75) is 6.92 Å². The summed E-state index contributed by atoms with van der Waals surface area (Å²) in [6.07, 6.45) is 0. The van der Waals surface area contributed by atoms with E-state index >= 15 is 0 Å². The largest absolute Gasteiger partial charge is 0.493 e. The summed E-state index contributed by atoms with van der Waals surface area (Å²) in [6.45, 7) is 1.71. The number of hydrogen-bond donors (Lipinski definition) is 2. The lowest BCUT2D eigenvalue weighted by Gasteiger charge is -2.12. The summed E-state index contributed by atoms with van der Waals surface area (Å²) in [6, 6.07) is 11.9. The minimum absolute atomic E-state index is 0.216. The van der Waals surface area contributed by atoms with Crippen molar-refractivity contribution in [1.29, 1.82) is 0 Å². The fraction of sp³-hybridized carbons (Fsp3) is 0.176. The van der Waals surface area contributed by atoms with Gasteiger partial charge >= 0.3 is 0 Å². The van der Waals surface area contributed by atoms with Crippen molar-refractivity contribution in [2.75, 3.05) is 19.0 Å². The summed E-state index contributed by atoms with van der Waals surface area (Å²) in [5.74, 6) is 0.00937. The number of hydrogen-bond acceptors (Lipinski definition) is 4. The SMILES string of the molecule is COc1cc(C)ccc1OCC(=O)Nc1ccccc1C(N)=O. The van der Waals surface area contributed by atoms with Crippen LogP contribution in [-0.4, -0.2) is 25.5 Å².